The Bertz CT molecular complexity index is 922. The van der Waals surface area contributed by atoms with Crippen LogP contribution in [0.5, 0.6) is 0 Å². The minimum atomic E-state index is -0.559. The number of H-pyrrole nitrogens is 1. The normalized spacial score (nSPS) is 16.9. The Kier molecular flexibility index (Phi) is 3.45. The third kappa shape index (κ3) is 2.14. The van der Waals surface area contributed by atoms with E-state index in [0.717, 1.165) is 22.3 Å². The monoisotopic (exact) mass is 325 g/mol. The van der Waals surface area contributed by atoms with Crippen molar-refractivity contribution in [3.05, 3.63) is 65.2 Å². The van der Waals surface area contributed by atoms with E-state index in [4.69, 9.17) is 4.74 Å². The number of methoxy groups -OCH3 is 1. The molecule has 1 aliphatic heterocycles. The fraction of sp³-hybridized carbons (Fsp3) is 0.222. The van der Waals surface area contributed by atoms with Crippen molar-refractivity contribution in [3.8, 4) is 0 Å². The third-order valence-electron chi connectivity index (χ3n) is 4.51. The van der Waals surface area contributed by atoms with E-state index in [1.165, 1.54) is 13.2 Å². The number of aromatic nitrogens is 2. The highest BCUT2D eigenvalue weighted by Crippen LogP contribution is 2.38. The van der Waals surface area contributed by atoms with Crippen molar-refractivity contribution < 1.29 is 13.9 Å². The highest BCUT2D eigenvalue weighted by Gasteiger charge is 2.36. The van der Waals surface area contributed by atoms with Crippen molar-refractivity contribution >= 4 is 17.1 Å². The summed E-state index contributed by atoms with van der Waals surface area (Å²) in [5, 5.41) is 1.01. The topological polar surface area (TPSA) is 58.2 Å². The minimum Gasteiger partial charge on any atom is -0.453 e. The summed E-state index contributed by atoms with van der Waals surface area (Å²) in [5.74, 6) is -0.351. The summed E-state index contributed by atoms with van der Waals surface area (Å²) in [7, 11) is 1.34. The SMILES string of the molecule is COC(=O)N1CCc2c([nH]c3ncccc23)C1c1ccccc1F. The van der Waals surface area contributed by atoms with Crippen molar-refractivity contribution in [2.45, 2.75) is 12.5 Å². The number of fused-ring (bicyclic) bond motifs is 3. The molecule has 1 aliphatic rings. The Balaban J connectivity index is 1.95. The summed E-state index contributed by atoms with van der Waals surface area (Å²) in [6.45, 7) is 0.459. The van der Waals surface area contributed by atoms with E-state index >= 15 is 0 Å². The van der Waals surface area contributed by atoms with Gasteiger partial charge in [0.05, 0.1) is 7.11 Å². The predicted molar refractivity (Wildman–Crippen MR) is 87.2 cm³/mol. The molecule has 0 bridgehead atoms. The summed E-state index contributed by atoms with van der Waals surface area (Å²) in [5.41, 5.74) is 3.06. The van der Waals surface area contributed by atoms with E-state index in [-0.39, 0.29) is 5.82 Å². The number of nitrogens with zero attached hydrogens (tertiary/aromatic N) is 2. The molecule has 0 saturated heterocycles. The molecule has 0 saturated carbocycles. The van der Waals surface area contributed by atoms with Crippen molar-refractivity contribution in [2.24, 2.45) is 0 Å². The number of hydrogen-bond acceptors (Lipinski definition) is 3. The number of nitrogens with one attached hydrogen (secondary N) is 1. The fourth-order valence-electron chi connectivity index (χ4n) is 3.45. The van der Waals surface area contributed by atoms with Gasteiger partial charge in [-0.3, -0.25) is 4.90 Å². The average Bonchev–Trinajstić information content (AvgIpc) is 2.99. The highest BCUT2D eigenvalue weighted by molar-refractivity contribution is 5.83. The molecule has 6 heteroatoms. The molecule has 0 spiro atoms. The van der Waals surface area contributed by atoms with Crippen LogP contribution in [0.25, 0.3) is 11.0 Å². The lowest BCUT2D eigenvalue weighted by molar-refractivity contribution is 0.107. The molecular weight excluding hydrogens is 309 g/mol. The quantitative estimate of drug-likeness (QED) is 0.746. The van der Waals surface area contributed by atoms with Crippen molar-refractivity contribution in [2.75, 3.05) is 13.7 Å². The molecule has 5 nitrogen and oxygen atoms in total. The molecule has 2 aromatic heterocycles. The Morgan fingerprint density at radius 3 is 2.96 bits per heavy atom. The number of ether oxygens (including phenoxy) is 1. The number of pyridine rings is 1. The summed E-state index contributed by atoms with van der Waals surface area (Å²) in [6.07, 6.45) is 1.90. The molecule has 1 N–H and O–H groups in total. The second kappa shape index (κ2) is 5.63. The molecule has 0 radical (unpaired) electrons. The molecular formula is C18H16FN3O2. The average molecular weight is 325 g/mol. The second-order valence-electron chi connectivity index (χ2n) is 5.75. The van der Waals surface area contributed by atoms with E-state index in [9.17, 15) is 9.18 Å². The number of halogens is 1. The van der Waals surface area contributed by atoms with Crippen molar-refractivity contribution in [1.29, 1.82) is 0 Å². The van der Waals surface area contributed by atoms with E-state index in [1.54, 1.807) is 29.3 Å². The van der Waals surface area contributed by atoms with Crippen molar-refractivity contribution in [1.82, 2.24) is 14.9 Å². The first-order valence-corrected chi connectivity index (χ1v) is 7.75. The van der Waals surface area contributed by atoms with Gasteiger partial charge in [0.15, 0.2) is 0 Å². The number of rotatable bonds is 1. The predicted octanol–water partition coefficient (Wildman–Crippen LogP) is 3.42. The van der Waals surface area contributed by atoms with E-state index < -0.39 is 12.1 Å². The summed E-state index contributed by atoms with van der Waals surface area (Å²) in [4.78, 5) is 21.4. The Hall–Kier alpha value is -2.89. The Morgan fingerprint density at radius 2 is 2.17 bits per heavy atom. The van der Waals surface area contributed by atoms with Gasteiger partial charge in [-0.2, -0.15) is 0 Å². The standard InChI is InChI=1S/C18H16FN3O2/c1-24-18(23)22-10-8-11-12-6-4-9-20-17(12)21-15(11)16(22)13-5-2-3-7-14(13)19/h2-7,9,16H,8,10H2,1H3,(H,20,21). The third-order valence-corrected chi connectivity index (χ3v) is 4.51. The first-order valence-electron chi connectivity index (χ1n) is 7.75. The first-order chi connectivity index (χ1) is 11.7. The summed E-state index contributed by atoms with van der Waals surface area (Å²) in [6, 6.07) is 9.81. The van der Waals surface area contributed by atoms with Gasteiger partial charge in [-0.1, -0.05) is 18.2 Å². The molecule has 1 atom stereocenters. The lowest BCUT2D eigenvalue weighted by Gasteiger charge is -2.35. The molecule has 1 unspecified atom stereocenters. The smallest absolute Gasteiger partial charge is 0.410 e. The highest BCUT2D eigenvalue weighted by atomic mass is 19.1. The van der Waals surface area contributed by atoms with Crippen LogP contribution in [0.3, 0.4) is 0 Å². The second-order valence-corrected chi connectivity index (χ2v) is 5.75. The van der Waals surface area contributed by atoms with Gasteiger partial charge in [0.1, 0.15) is 17.5 Å². The molecule has 3 aromatic rings. The number of carbonyl (C=O) groups is 1. The van der Waals surface area contributed by atoms with Crippen LogP contribution in [0.4, 0.5) is 9.18 Å². The molecule has 3 heterocycles. The van der Waals surface area contributed by atoms with E-state index in [2.05, 4.69) is 9.97 Å². The van der Waals surface area contributed by atoms with Crippen LogP contribution in [-0.2, 0) is 11.2 Å². The van der Waals surface area contributed by atoms with Gasteiger partial charge in [-0.15, -0.1) is 0 Å². The van der Waals surface area contributed by atoms with Gasteiger partial charge < -0.3 is 9.72 Å². The number of aromatic amines is 1. The van der Waals surface area contributed by atoms with Crippen LogP contribution in [0, 0.1) is 5.82 Å². The molecule has 1 aromatic carbocycles. The number of hydrogen-bond donors (Lipinski definition) is 1. The molecule has 122 valence electrons. The van der Waals surface area contributed by atoms with Gasteiger partial charge in [-0.25, -0.2) is 14.2 Å². The van der Waals surface area contributed by atoms with Crippen molar-refractivity contribution in [3.63, 3.8) is 0 Å². The molecule has 0 aliphatic carbocycles. The van der Waals surface area contributed by atoms with Gasteiger partial charge in [-0.05, 0) is 30.2 Å². The van der Waals surface area contributed by atoms with Crippen LogP contribution < -0.4 is 0 Å². The van der Waals surface area contributed by atoms with E-state index in [0.29, 0.717) is 18.5 Å². The summed E-state index contributed by atoms with van der Waals surface area (Å²) >= 11 is 0. The van der Waals surface area contributed by atoms with Gasteiger partial charge in [0.25, 0.3) is 0 Å². The maximum atomic E-state index is 14.5. The zero-order valence-corrected chi connectivity index (χ0v) is 13.1. The lowest BCUT2D eigenvalue weighted by atomic mass is 9.92. The minimum absolute atomic E-state index is 0.351. The van der Waals surface area contributed by atoms with Gasteiger partial charge >= 0.3 is 6.09 Å². The van der Waals surface area contributed by atoms with Crippen LogP contribution in [0.1, 0.15) is 22.9 Å². The molecule has 1 amide bonds. The zero-order valence-electron chi connectivity index (χ0n) is 13.1. The summed E-state index contributed by atoms with van der Waals surface area (Å²) < 4.78 is 19.4. The number of benzene rings is 1. The Labute approximate surface area is 138 Å². The molecule has 0 fully saturated rings. The number of carbonyl (C=O) groups excluding carboxylic acids is 1. The van der Waals surface area contributed by atoms with E-state index in [1.807, 2.05) is 12.1 Å². The first kappa shape index (κ1) is 14.7. The van der Waals surface area contributed by atoms with Crippen LogP contribution in [0.2, 0.25) is 0 Å². The molecule has 4 rings (SSSR count). The zero-order chi connectivity index (χ0) is 16.7. The van der Waals surface area contributed by atoms with Crippen LogP contribution >= 0.6 is 0 Å². The van der Waals surface area contributed by atoms with Crippen LogP contribution in [-0.4, -0.2) is 34.6 Å². The lowest BCUT2D eigenvalue weighted by Crippen LogP contribution is -2.40. The van der Waals surface area contributed by atoms with Crippen LogP contribution in [0.15, 0.2) is 42.6 Å². The number of amides is 1. The Morgan fingerprint density at radius 1 is 1.33 bits per heavy atom. The van der Waals surface area contributed by atoms with Gasteiger partial charge in [0.2, 0.25) is 0 Å². The van der Waals surface area contributed by atoms with Gasteiger partial charge in [0, 0.05) is 29.4 Å². The molecule has 24 heavy (non-hydrogen) atoms. The fourth-order valence-corrected chi connectivity index (χ4v) is 3.45. The maximum absolute atomic E-state index is 14.5. The largest absolute Gasteiger partial charge is 0.453 e. The maximum Gasteiger partial charge on any atom is 0.410 e.